The highest BCUT2D eigenvalue weighted by Crippen LogP contribution is 2.30. The largest absolute Gasteiger partial charge is 0.359 e. The van der Waals surface area contributed by atoms with Gasteiger partial charge in [-0.3, -0.25) is 9.59 Å². The first-order valence-corrected chi connectivity index (χ1v) is 6.66. The summed E-state index contributed by atoms with van der Waals surface area (Å²) in [5.74, 6) is 0.137. The van der Waals surface area contributed by atoms with E-state index in [9.17, 15) is 9.59 Å². The van der Waals surface area contributed by atoms with Gasteiger partial charge in [-0.15, -0.1) is 0 Å². The van der Waals surface area contributed by atoms with Crippen molar-refractivity contribution in [1.29, 1.82) is 0 Å². The third kappa shape index (κ3) is 3.22. The fourth-order valence-electron chi connectivity index (χ4n) is 2.40. The number of nitrogens with zero attached hydrogens (tertiary/aromatic N) is 1. The molecule has 0 saturated carbocycles. The minimum atomic E-state index is -0.428. The maximum absolute atomic E-state index is 12.2. The van der Waals surface area contributed by atoms with Crippen molar-refractivity contribution in [2.45, 2.75) is 27.2 Å². The molecular weight excluding hydrogens is 230 g/mol. The summed E-state index contributed by atoms with van der Waals surface area (Å²) in [6.07, 6.45) is 0.742. The molecule has 0 spiro atoms. The molecule has 0 aromatic heterocycles. The Hall–Kier alpha value is -1.10. The van der Waals surface area contributed by atoms with Crippen molar-refractivity contribution in [2.24, 2.45) is 11.3 Å². The van der Waals surface area contributed by atoms with Gasteiger partial charge >= 0.3 is 0 Å². The van der Waals surface area contributed by atoms with E-state index in [1.165, 1.54) is 0 Å². The molecule has 1 aliphatic heterocycles. The second kappa shape index (κ2) is 6.18. The second-order valence-electron chi connectivity index (χ2n) is 5.36. The lowest BCUT2D eigenvalue weighted by molar-refractivity contribution is -0.135. The predicted octanol–water partition coefficient (Wildman–Crippen LogP) is 0.217. The average molecular weight is 255 g/mol. The molecule has 1 heterocycles. The van der Waals surface area contributed by atoms with Crippen LogP contribution in [0.5, 0.6) is 0 Å². The summed E-state index contributed by atoms with van der Waals surface area (Å²) in [4.78, 5) is 25.8. The summed E-state index contributed by atoms with van der Waals surface area (Å²) >= 11 is 0. The first kappa shape index (κ1) is 15.0. The molecule has 1 rings (SSSR count). The molecule has 0 radical (unpaired) electrons. The molecule has 5 nitrogen and oxygen atoms in total. The molecule has 0 aromatic rings. The van der Waals surface area contributed by atoms with E-state index in [2.05, 4.69) is 10.6 Å². The normalized spacial score (nSPS) is 25.0. The Bertz CT molecular complexity index is 319. The molecule has 2 amide bonds. The molecule has 1 fully saturated rings. The van der Waals surface area contributed by atoms with Gasteiger partial charge in [-0.1, -0.05) is 13.8 Å². The molecule has 18 heavy (non-hydrogen) atoms. The summed E-state index contributed by atoms with van der Waals surface area (Å²) in [6, 6.07) is 0. The maximum Gasteiger partial charge on any atom is 0.227 e. The molecule has 1 saturated heterocycles. The minimum absolute atomic E-state index is 0.0251. The van der Waals surface area contributed by atoms with Crippen LogP contribution in [-0.4, -0.2) is 49.9 Å². The van der Waals surface area contributed by atoms with Gasteiger partial charge in [-0.25, -0.2) is 0 Å². The summed E-state index contributed by atoms with van der Waals surface area (Å²) in [5, 5.41) is 5.86. The highest BCUT2D eigenvalue weighted by atomic mass is 16.2. The lowest BCUT2D eigenvalue weighted by Gasteiger charge is -2.24. The fraction of sp³-hybridized carbons (Fsp3) is 0.846. The van der Waals surface area contributed by atoms with Gasteiger partial charge in [0.25, 0.3) is 0 Å². The van der Waals surface area contributed by atoms with Gasteiger partial charge in [-0.2, -0.15) is 0 Å². The number of hydrogen-bond donors (Lipinski definition) is 2. The topological polar surface area (TPSA) is 61.4 Å². The van der Waals surface area contributed by atoms with E-state index in [0.717, 1.165) is 13.0 Å². The third-order valence-corrected chi connectivity index (χ3v) is 3.68. The number of likely N-dealkylation sites (tertiary alicyclic amines) is 1. The number of nitrogens with one attached hydrogen (secondary N) is 2. The van der Waals surface area contributed by atoms with Crippen LogP contribution in [0.2, 0.25) is 0 Å². The standard InChI is InChI=1S/C13H25N3O2/c1-5-15-8-10(2)11(17)16-7-6-13(3,9-16)12(18)14-4/h10,15H,5-9H2,1-4H3,(H,14,18). The zero-order valence-corrected chi connectivity index (χ0v) is 11.9. The zero-order chi connectivity index (χ0) is 13.8. The van der Waals surface area contributed by atoms with Crippen LogP contribution >= 0.6 is 0 Å². The van der Waals surface area contributed by atoms with E-state index in [4.69, 9.17) is 0 Å². The number of carbonyl (C=O) groups is 2. The van der Waals surface area contributed by atoms with Crippen LogP contribution < -0.4 is 10.6 Å². The Labute approximate surface area is 109 Å². The fourth-order valence-corrected chi connectivity index (χ4v) is 2.40. The number of carbonyl (C=O) groups excluding carboxylic acids is 2. The van der Waals surface area contributed by atoms with Gasteiger partial charge in [-0.05, 0) is 19.9 Å². The molecule has 0 aliphatic carbocycles. The molecule has 5 heteroatoms. The molecule has 2 N–H and O–H groups in total. The summed E-state index contributed by atoms with van der Waals surface area (Å²) in [5.41, 5.74) is -0.428. The Morgan fingerprint density at radius 3 is 2.67 bits per heavy atom. The van der Waals surface area contributed by atoms with Crippen molar-refractivity contribution in [2.75, 3.05) is 33.2 Å². The van der Waals surface area contributed by atoms with E-state index in [1.807, 2.05) is 25.7 Å². The highest BCUT2D eigenvalue weighted by molar-refractivity contribution is 5.85. The molecule has 0 aromatic carbocycles. The minimum Gasteiger partial charge on any atom is -0.359 e. The maximum atomic E-state index is 12.2. The molecule has 2 unspecified atom stereocenters. The molecule has 104 valence electrons. The van der Waals surface area contributed by atoms with E-state index in [1.54, 1.807) is 7.05 Å². The van der Waals surface area contributed by atoms with Gasteiger partial charge < -0.3 is 15.5 Å². The van der Waals surface area contributed by atoms with Crippen molar-refractivity contribution >= 4 is 11.8 Å². The first-order chi connectivity index (χ1) is 8.44. The number of rotatable bonds is 5. The number of amides is 2. The second-order valence-corrected chi connectivity index (χ2v) is 5.36. The smallest absolute Gasteiger partial charge is 0.227 e. The SMILES string of the molecule is CCNCC(C)C(=O)N1CCC(C)(C(=O)NC)C1. The van der Waals surface area contributed by atoms with Crippen molar-refractivity contribution in [1.82, 2.24) is 15.5 Å². The van der Waals surface area contributed by atoms with Crippen LogP contribution in [0, 0.1) is 11.3 Å². The van der Waals surface area contributed by atoms with Crippen molar-refractivity contribution in [3.05, 3.63) is 0 Å². The lowest BCUT2D eigenvalue weighted by atomic mass is 9.89. The number of hydrogen-bond acceptors (Lipinski definition) is 3. The van der Waals surface area contributed by atoms with Crippen LogP contribution in [0.3, 0.4) is 0 Å². The first-order valence-electron chi connectivity index (χ1n) is 6.66. The Morgan fingerprint density at radius 2 is 2.11 bits per heavy atom. The van der Waals surface area contributed by atoms with Gasteiger partial charge in [0.2, 0.25) is 11.8 Å². The van der Waals surface area contributed by atoms with E-state index in [-0.39, 0.29) is 17.7 Å². The summed E-state index contributed by atoms with van der Waals surface area (Å²) in [6.45, 7) is 8.65. The molecule has 2 atom stereocenters. The van der Waals surface area contributed by atoms with E-state index >= 15 is 0 Å². The van der Waals surface area contributed by atoms with Gasteiger partial charge in [0, 0.05) is 32.6 Å². The van der Waals surface area contributed by atoms with Crippen LogP contribution in [0.1, 0.15) is 27.2 Å². The van der Waals surface area contributed by atoms with Crippen LogP contribution in [0.4, 0.5) is 0 Å². The van der Waals surface area contributed by atoms with Crippen molar-refractivity contribution < 1.29 is 9.59 Å². The Balaban J connectivity index is 2.55. The third-order valence-electron chi connectivity index (χ3n) is 3.68. The summed E-state index contributed by atoms with van der Waals surface area (Å²) < 4.78 is 0. The van der Waals surface area contributed by atoms with Gasteiger partial charge in [0.15, 0.2) is 0 Å². The molecule has 1 aliphatic rings. The van der Waals surface area contributed by atoms with Gasteiger partial charge in [0.1, 0.15) is 0 Å². The van der Waals surface area contributed by atoms with Crippen LogP contribution in [-0.2, 0) is 9.59 Å². The van der Waals surface area contributed by atoms with Gasteiger partial charge in [0.05, 0.1) is 5.41 Å². The molecule has 0 bridgehead atoms. The Kier molecular flexibility index (Phi) is 5.14. The van der Waals surface area contributed by atoms with Crippen molar-refractivity contribution in [3.8, 4) is 0 Å². The monoisotopic (exact) mass is 255 g/mol. The molecular formula is C13H25N3O2. The van der Waals surface area contributed by atoms with Crippen molar-refractivity contribution in [3.63, 3.8) is 0 Å². The van der Waals surface area contributed by atoms with E-state index < -0.39 is 5.41 Å². The van der Waals surface area contributed by atoms with Crippen LogP contribution in [0.15, 0.2) is 0 Å². The highest BCUT2D eigenvalue weighted by Gasteiger charge is 2.42. The average Bonchev–Trinajstić information content (AvgIpc) is 2.77. The summed E-state index contributed by atoms with van der Waals surface area (Å²) in [7, 11) is 1.64. The quantitative estimate of drug-likeness (QED) is 0.738. The Morgan fingerprint density at radius 1 is 1.44 bits per heavy atom. The lowest BCUT2D eigenvalue weighted by Crippen LogP contribution is -2.42. The van der Waals surface area contributed by atoms with Crippen LogP contribution in [0.25, 0.3) is 0 Å². The predicted molar refractivity (Wildman–Crippen MR) is 71.1 cm³/mol. The zero-order valence-electron chi connectivity index (χ0n) is 11.9. The van der Waals surface area contributed by atoms with E-state index in [0.29, 0.717) is 19.6 Å².